The van der Waals surface area contributed by atoms with Gasteiger partial charge in [-0.1, -0.05) is 39.8 Å². The van der Waals surface area contributed by atoms with E-state index in [1.165, 1.54) is 24.8 Å². The number of methoxy groups -OCH3 is 1. The van der Waals surface area contributed by atoms with Gasteiger partial charge in [0.05, 0.1) is 7.11 Å². The van der Waals surface area contributed by atoms with Crippen molar-refractivity contribution < 1.29 is 4.74 Å². The molecule has 1 rings (SSSR count). The van der Waals surface area contributed by atoms with E-state index in [1.807, 2.05) is 0 Å². The van der Waals surface area contributed by atoms with Crippen LogP contribution in [0.1, 0.15) is 52.5 Å². The van der Waals surface area contributed by atoms with Gasteiger partial charge in [0.2, 0.25) is 0 Å². The molecule has 0 aliphatic carbocycles. The van der Waals surface area contributed by atoms with Crippen molar-refractivity contribution in [3.8, 4) is 5.75 Å². The Kier molecular flexibility index (Phi) is 7.08. The molecule has 0 spiro atoms. The summed E-state index contributed by atoms with van der Waals surface area (Å²) in [6, 6.07) is 9.03. The van der Waals surface area contributed by atoms with Crippen molar-refractivity contribution in [3.05, 3.63) is 29.8 Å². The minimum Gasteiger partial charge on any atom is -0.497 e. The third kappa shape index (κ3) is 6.95. The molecular formula is C18H31NO. The average molecular weight is 277 g/mol. The molecule has 114 valence electrons. The van der Waals surface area contributed by atoms with Gasteiger partial charge in [0.25, 0.3) is 0 Å². The molecule has 0 amide bonds. The van der Waals surface area contributed by atoms with Crippen LogP contribution in [0.4, 0.5) is 0 Å². The second kappa shape index (κ2) is 8.31. The van der Waals surface area contributed by atoms with Gasteiger partial charge >= 0.3 is 0 Å². The van der Waals surface area contributed by atoms with Gasteiger partial charge in [0.15, 0.2) is 0 Å². The summed E-state index contributed by atoms with van der Waals surface area (Å²) in [5.41, 5.74) is 1.79. The monoisotopic (exact) mass is 277 g/mol. The van der Waals surface area contributed by atoms with E-state index in [4.69, 9.17) is 4.74 Å². The number of hydrogen-bond donors (Lipinski definition) is 1. The third-order valence-electron chi connectivity index (χ3n) is 3.57. The number of benzene rings is 1. The standard InChI is InChI=1S/C18H31NO/c1-6-13-19-16(11-12-18(2,3)4)14-15-7-9-17(20-5)10-8-15/h7-10,16,19H,6,11-14H2,1-5H3. The van der Waals surface area contributed by atoms with Crippen LogP contribution in [0.2, 0.25) is 0 Å². The summed E-state index contributed by atoms with van der Waals surface area (Å²) in [6.45, 7) is 10.3. The summed E-state index contributed by atoms with van der Waals surface area (Å²) < 4.78 is 5.22. The molecule has 20 heavy (non-hydrogen) atoms. The van der Waals surface area contributed by atoms with E-state index in [-0.39, 0.29) is 0 Å². The number of hydrogen-bond acceptors (Lipinski definition) is 2. The first kappa shape index (κ1) is 17.0. The van der Waals surface area contributed by atoms with Crippen LogP contribution in [-0.4, -0.2) is 19.7 Å². The fourth-order valence-corrected chi connectivity index (χ4v) is 2.28. The molecule has 0 aliphatic rings. The Bertz CT molecular complexity index is 364. The Labute approximate surface area is 124 Å². The maximum absolute atomic E-state index is 5.22. The molecule has 1 aromatic carbocycles. The van der Waals surface area contributed by atoms with E-state index in [9.17, 15) is 0 Å². The van der Waals surface area contributed by atoms with Gasteiger partial charge in [-0.15, -0.1) is 0 Å². The zero-order valence-corrected chi connectivity index (χ0v) is 13.8. The van der Waals surface area contributed by atoms with E-state index in [0.717, 1.165) is 18.7 Å². The highest BCUT2D eigenvalue weighted by Gasteiger charge is 2.15. The Morgan fingerprint density at radius 1 is 1.15 bits per heavy atom. The number of ether oxygens (including phenoxy) is 1. The Morgan fingerprint density at radius 2 is 1.80 bits per heavy atom. The van der Waals surface area contributed by atoms with Gasteiger partial charge in [-0.25, -0.2) is 0 Å². The zero-order chi connectivity index (χ0) is 15.0. The van der Waals surface area contributed by atoms with Crippen LogP contribution in [-0.2, 0) is 6.42 Å². The fourth-order valence-electron chi connectivity index (χ4n) is 2.28. The van der Waals surface area contributed by atoms with E-state index >= 15 is 0 Å². The number of rotatable bonds is 8. The Balaban J connectivity index is 2.57. The van der Waals surface area contributed by atoms with Gasteiger partial charge in [-0.2, -0.15) is 0 Å². The topological polar surface area (TPSA) is 21.3 Å². The summed E-state index contributed by atoms with van der Waals surface area (Å²) in [7, 11) is 1.71. The normalized spacial score (nSPS) is 13.2. The number of nitrogens with one attached hydrogen (secondary N) is 1. The molecule has 0 heterocycles. The fraction of sp³-hybridized carbons (Fsp3) is 0.667. The van der Waals surface area contributed by atoms with Crippen LogP contribution in [0.25, 0.3) is 0 Å². The predicted molar refractivity (Wildman–Crippen MR) is 87.5 cm³/mol. The molecule has 1 aromatic rings. The first-order valence-corrected chi connectivity index (χ1v) is 7.81. The molecule has 2 nitrogen and oxygen atoms in total. The molecule has 0 aliphatic heterocycles. The highest BCUT2D eigenvalue weighted by molar-refractivity contribution is 5.27. The van der Waals surface area contributed by atoms with Crippen molar-refractivity contribution in [2.45, 2.75) is 59.4 Å². The van der Waals surface area contributed by atoms with E-state index in [2.05, 4.69) is 57.3 Å². The zero-order valence-electron chi connectivity index (χ0n) is 13.8. The van der Waals surface area contributed by atoms with Gasteiger partial charge < -0.3 is 10.1 Å². The van der Waals surface area contributed by atoms with Crippen molar-refractivity contribution in [2.24, 2.45) is 5.41 Å². The lowest BCUT2D eigenvalue weighted by molar-refractivity contribution is 0.328. The molecule has 1 atom stereocenters. The van der Waals surface area contributed by atoms with Gasteiger partial charge in [-0.3, -0.25) is 0 Å². The van der Waals surface area contributed by atoms with E-state index < -0.39 is 0 Å². The Hall–Kier alpha value is -1.02. The molecule has 0 saturated carbocycles. The van der Waals surface area contributed by atoms with E-state index in [1.54, 1.807) is 7.11 Å². The minimum absolute atomic E-state index is 0.409. The highest BCUT2D eigenvalue weighted by Crippen LogP contribution is 2.23. The maximum atomic E-state index is 5.22. The molecular weight excluding hydrogens is 246 g/mol. The summed E-state index contributed by atoms with van der Waals surface area (Å²) in [5.74, 6) is 0.932. The molecule has 0 bridgehead atoms. The van der Waals surface area contributed by atoms with E-state index in [0.29, 0.717) is 11.5 Å². The lowest BCUT2D eigenvalue weighted by Crippen LogP contribution is -2.32. The molecule has 0 fully saturated rings. The first-order valence-electron chi connectivity index (χ1n) is 7.81. The third-order valence-corrected chi connectivity index (χ3v) is 3.57. The maximum Gasteiger partial charge on any atom is 0.118 e. The van der Waals surface area contributed by atoms with Gasteiger partial charge in [-0.05, 0) is 55.3 Å². The van der Waals surface area contributed by atoms with Crippen LogP contribution < -0.4 is 10.1 Å². The van der Waals surface area contributed by atoms with Crippen molar-refractivity contribution in [1.82, 2.24) is 5.32 Å². The second-order valence-electron chi connectivity index (χ2n) is 6.80. The summed E-state index contributed by atoms with van der Waals surface area (Å²) in [6.07, 6.45) is 4.77. The molecule has 1 N–H and O–H groups in total. The highest BCUT2D eigenvalue weighted by atomic mass is 16.5. The minimum atomic E-state index is 0.409. The quantitative estimate of drug-likeness (QED) is 0.759. The lowest BCUT2D eigenvalue weighted by Gasteiger charge is -2.24. The summed E-state index contributed by atoms with van der Waals surface area (Å²) >= 11 is 0. The Morgan fingerprint density at radius 3 is 2.30 bits per heavy atom. The first-order chi connectivity index (χ1) is 9.44. The van der Waals surface area contributed by atoms with Crippen molar-refractivity contribution in [3.63, 3.8) is 0 Å². The molecule has 2 heteroatoms. The van der Waals surface area contributed by atoms with Crippen LogP contribution in [0.15, 0.2) is 24.3 Å². The molecule has 0 aromatic heterocycles. The molecule has 1 unspecified atom stereocenters. The summed E-state index contributed by atoms with van der Waals surface area (Å²) in [4.78, 5) is 0. The van der Waals surface area contributed by atoms with Crippen molar-refractivity contribution in [2.75, 3.05) is 13.7 Å². The largest absolute Gasteiger partial charge is 0.497 e. The smallest absolute Gasteiger partial charge is 0.118 e. The molecule has 0 radical (unpaired) electrons. The van der Waals surface area contributed by atoms with Crippen molar-refractivity contribution >= 4 is 0 Å². The lowest BCUT2D eigenvalue weighted by atomic mass is 9.87. The summed E-state index contributed by atoms with van der Waals surface area (Å²) in [5, 5.41) is 3.69. The van der Waals surface area contributed by atoms with Crippen LogP contribution in [0.5, 0.6) is 5.75 Å². The SMILES string of the molecule is CCCNC(CCC(C)(C)C)Cc1ccc(OC)cc1. The van der Waals surface area contributed by atoms with Crippen LogP contribution >= 0.6 is 0 Å². The predicted octanol–water partition coefficient (Wildman–Crippen LogP) is 4.43. The van der Waals surface area contributed by atoms with Crippen molar-refractivity contribution in [1.29, 1.82) is 0 Å². The van der Waals surface area contributed by atoms with Crippen LogP contribution in [0.3, 0.4) is 0 Å². The van der Waals surface area contributed by atoms with Gasteiger partial charge in [0.1, 0.15) is 5.75 Å². The van der Waals surface area contributed by atoms with Crippen LogP contribution in [0, 0.1) is 5.41 Å². The van der Waals surface area contributed by atoms with Gasteiger partial charge in [0, 0.05) is 6.04 Å². The molecule has 0 saturated heterocycles. The second-order valence-corrected chi connectivity index (χ2v) is 6.80. The average Bonchev–Trinajstić information content (AvgIpc) is 2.41.